The molecule has 6 nitrogen and oxygen atoms in total. The first-order chi connectivity index (χ1) is 15.5. The average Bonchev–Trinajstić information content (AvgIpc) is 2.80. The molecule has 1 atom stereocenters. The Hall–Kier alpha value is -3.00. The van der Waals surface area contributed by atoms with Gasteiger partial charge in [-0.1, -0.05) is 65.3 Å². The van der Waals surface area contributed by atoms with Gasteiger partial charge in [0.2, 0.25) is 5.16 Å². The minimum atomic E-state index is -0.573. The summed E-state index contributed by atoms with van der Waals surface area (Å²) in [5.41, 5.74) is 3.35. The molecule has 0 fully saturated rings. The van der Waals surface area contributed by atoms with Crippen molar-refractivity contribution in [1.82, 2.24) is 10.1 Å². The molecule has 3 aromatic carbocycles. The fourth-order valence-electron chi connectivity index (χ4n) is 3.64. The van der Waals surface area contributed by atoms with Gasteiger partial charge in [0.1, 0.15) is 5.75 Å². The summed E-state index contributed by atoms with van der Waals surface area (Å²) in [6, 6.07) is 20.1. The predicted molar refractivity (Wildman–Crippen MR) is 126 cm³/mol. The Labute approximate surface area is 197 Å². The van der Waals surface area contributed by atoms with Gasteiger partial charge >= 0.3 is 11.3 Å². The number of fused-ring (bicyclic) bond motifs is 3. The third-order valence-electron chi connectivity index (χ3n) is 5.17. The number of halogens is 2. The van der Waals surface area contributed by atoms with Crippen LogP contribution in [0.1, 0.15) is 17.3 Å². The number of hydrogen-bond acceptors (Lipinski definition) is 5. The van der Waals surface area contributed by atoms with E-state index < -0.39 is 6.17 Å². The van der Waals surface area contributed by atoms with Crippen LogP contribution in [0.2, 0.25) is 10.0 Å². The number of aromatic hydroxyl groups is 1. The predicted octanol–water partition coefficient (Wildman–Crippen LogP) is 5.00. The summed E-state index contributed by atoms with van der Waals surface area (Å²) in [6.45, 7) is 0. The van der Waals surface area contributed by atoms with Crippen molar-refractivity contribution in [3.8, 4) is 17.0 Å². The molecule has 1 aliphatic heterocycles. The minimum absolute atomic E-state index is 0.0332. The van der Waals surface area contributed by atoms with Gasteiger partial charge in [-0.2, -0.15) is 0 Å². The number of nitrogens with zero attached hydrogens (tertiary/aromatic N) is 2. The molecule has 1 aliphatic rings. The fraction of sp³-hybridized carbons (Fsp3) is 0.0870. The van der Waals surface area contributed by atoms with Crippen LogP contribution in [-0.4, -0.2) is 15.2 Å². The van der Waals surface area contributed by atoms with E-state index in [1.165, 1.54) is 17.8 Å². The average molecular weight is 484 g/mol. The molecule has 2 heterocycles. The number of anilines is 1. The SMILES string of the molecule is O=c1[nH]c(SCc2ccc(Cl)cc2)n[n+]2c1-c1ccccc1N[C@@H]2c1cccc(O)c1Cl. The lowest BCUT2D eigenvalue weighted by atomic mass is 10.0. The lowest BCUT2D eigenvalue weighted by molar-refractivity contribution is -0.759. The van der Waals surface area contributed by atoms with Crippen molar-refractivity contribution in [3.63, 3.8) is 0 Å². The summed E-state index contributed by atoms with van der Waals surface area (Å²) in [5, 5.41) is 19.6. The molecular formula is C23H17Cl2N4O2S+. The normalized spacial score (nSPS) is 14.4. The third-order valence-corrected chi connectivity index (χ3v) is 6.77. The molecule has 3 N–H and O–H groups in total. The highest BCUT2D eigenvalue weighted by Crippen LogP contribution is 2.36. The van der Waals surface area contributed by atoms with Crippen LogP contribution in [0.5, 0.6) is 5.75 Å². The van der Waals surface area contributed by atoms with Gasteiger partial charge in [0.25, 0.3) is 6.17 Å². The molecule has 160 valence electrons. The van der Waals surface area contributed by atoms with Crippen LogP contribution >= 0.6 is 35.0 Å². The maximum Gasteiger partial charge on any atom is 0.325 e. The van der Waals surface area contributed by atoms with Crippen LogP contribution in [0.4, 0.5) is 5.69 Å². The zero-order chi connectivity index (χ0) is 22.2. The highest BCUT2D eigenvalue weighted by molar-refractivity contribution is 7.98. The van der Waals surface area contributed by atoms with Crippen molar-refractivity contribution < 1.29 is 9.79 Å². The first-order valence-electron chi connectivity index (χ1n) is 9.78. The third kappa shape index (κ3) is 3.83. The van der Waals surface area contributed by atoms with Crippen molar-refractivity contribution in [3.05, 3.63) is 98.3 Å². The second-order valence-corrected chi connectivity index (χ2v) is 9.02. The minimum Gasteiger partial charge on any atom is -0.506 e. The molecule has 32 heavy (non-hydrogen) atoms. The molecule has 4 aromatic rings. The molecular weight excluding hydrogens is 467 g/mol. The van der Waals surface area contributed by atoms with Crippen molar-refractivity contribution in [1.29, 1.82) is 0 Å². The van der Waals surface area contributed by atoms with E-state index in [1.807, 2.05) is 48.5 Å². The van der Waals surface area contributed by atoms with Gasteiger partial charge in [0.15, 0.2) is 0 Å². The van der Waals surface area contributed by atoms with Crippen molar-refractivity contribution >= 4 is 40.7 Å². The topological polar surface area (TPSA) is 81.9 Å². The quantitative estimate of drug-likeness (QED) is 0.281. The van der Waals surface area contributed by atoms with Crippen molar-refractivity contribution in [2.45, 2.75) is 17.1 Å². The van der Waals surface area contributed by atoms with Crippen molar-refractivity contribution in [2.75, 3.05) is 5.32 Å². The maximum atomic E-state index is 13.2. The number of benzene rings is 3. The second-order valence-electron chi connectivity index (χ2n) is 7.24. The number of phenols is 1. The van der Waals surface area contributed by atoms with E-state index in [1.54, 1.807) is 16.8 Å². The van der Waals surface area contributed by atoms with Crippen molar-refractivity contribution in [2.24, 2.45) is 0 Å². The number of aromatic nitrogens is 3. The Kier molecular flexibility index (Phi) is 5.55. The Morgan fingerprint density at radius 1 is 1.03 bits per heavy atom. The van der Waals surface area contributed by atoms with E-state index in [-0.39, 0.29) is 16.3 Å². The first kappa shape index (κ1) is 20.9. The van der Waals surface area contributed by atoms with E-state index in [0.717, 1.165) is 16.8 Å². The van der Waals surface area contributed by atoms with Crippen LogP contribution in [0.15, 0.2) is 76.7 Å². The molecule has 0 aliphatic carbocycles. The van der Waals surface area contributed by atoms with Gasteiger partial charge in [-0.3, -0.25) is 9.78 Å². The summed E-state index contributed by atoms with van der Waals surface area (Å²) in [5.74, 6) is 0.579. The fourth-order valence-corrected chi connectivity index (χ4v) is 4.81. The van der Waals surface area contributed by atoms with Crippen LogP contribution < -0.4 is 15.6 Å². The Balaban J connectivity index is 1.60. The largest absolute Gasteiger partial charge is 0.506 e. The summed E-state index contributed by atoms with van der Waals surface area (Å²) >= 11 is 13.8. The van der Waals surface area contributed by atoms with E-state index in [9.17, 15) is 9.90 Å². The molecule has 5 rings (SSSR count). The molecule has 1 aromatic heterocycles. The summed E-state index contributed by atoms with van der Waals surface area (Å²) < 4.78 is 1.63. The van der Waals surface area contributed by atoms with Crippen LogP contribution in [0, 0.1) is 0 Å². The van der Waals surface area contributed by atoms with Gasteiger partial charge in [0, 0.05) is 15.9 Å². The number of phenolic OH excluding ortho intramolecular Hbond substituents is 1. The number of nitrogens with one attached hydrogen (secondary N) is 2. The van der Waals surface area contributed by atoms with Gasteiger partial charge in [-0.25, -0.2) is 0 Å². The van der Waals surface area contributed by atoms with Gasteiger partial charge < -0.3 is 10.4 Å². The molecule has 0 bridgehead atoms. The number of thioether (sulfide) groups is 1. The number of para-hydroxylation sites is 1. The molecule has 0 saturated carbocycles. The molecule has 0 saturated heterocycles. The standard InChI is InChI=1S/C23H16Cl2N4O2S/c24-14-10-8-13(9-11-14)12-32-23-27-22(31)20-15-4-1-2-6-17(15)26-21(29(20)28-23)16-5-3-7-18(30)19(16)25/h1-11,21H,12H2,(H2,27,28,30,31)/p+1/t21-/m0/s1. The summed E-state index contributed by atoms with van der Waals surface area (Å²) in [6.07, 6.45) is -0.573. The number of aromatic amines is 1. The highest BCUT2D eigenvalue weighted by atomic mass is 35.5. The lowest BCUT2D eigenvalue weighted by Gasteiger charge is -2.23. The lowest BCUT2D eigenvalue weighted by Crippen LogP contribution is -2.55. The first-order valence-corrected chi connectivity index (χ1v) is 11.5. The smallest absolute Gasteiger partial charge is 0.325 e. The van der Waals surface area contributed by atoms with Crippen LogP contribution in [-0.2, 0) is 5.75 Å². The van der Waals surface area contributed by atoms with Gasteiger partial charge in [-0.05, 0) is 46.6 Å². The highest BCUT2D eigenvalue weighted by Gasteiger charge is 2.39. The molecule has 0 radical (unpaired) electrons. The zero-order valence-electron chi connectivity index (χ0n) is 16.5. The molecule has 0 spiro atoms. The molecule has 9 heteroatoms. The summed E-state index contributed by atoms with van der Waals surface area (Å²) in [4.78, 5) is 16.1. The van der Waals surface area contributed by atoms with Crippen LogP contribution in [0.25, 0.3) is 11.3 Å². The summed E-state index contributed by atoms with van der Waals surface area (Å²) in [7, 11) is 0. The van der Waals surface area contributed by atoms with E-state index in [4.69, 9.17) is 28.3 Å². The maximum absolute atomic E-state index is 13.2. The van der Waals surface area contributed by atoms with E-state index in [2.05, 4.69) is 10.3 Å². The van der Waals surface area contributed by atoms with E-state index >= 15 is 0 Å². The molecule has 0 amide bonds. The van der Waals surface area contributed by atoms with Gasteiger partial charge in [0.05, 0.1) is 21.8 Å². The van der Waals surface area contributed by atoms with Crippen LogP contribution in [0.3, 0.4) is 0 Å². The van der Waals surface area contributed by atoms with E-state index in [0.29, 0.717) is 27.2 Å². The zero-order valence-corrected chi connectivity index (χ0v) is 18.9. The second kappa shape index (κ2) is 8.50. The number of rotatable bonds is 4. The number of H-pyrrole nitrogens is 1. The number of hydrogen-bond donors (Lipinski definition) is 3. The monoisotopic (exact) mass is 483 g/mol. The Bertz CT molecular complexity index is 1380. The molecule has 0 unspecified atom stereocenters. The van der Waals surface area contributed by atoms with Gasteiger partial charge in [-0.15, -0.1) is 0 Å². The Morgan fingerprint density at radius 2 is 1.81 bits per heavy atom. The Morgan fingerprint density at radius 3 is 2.62 bits per heavy atom.